The largest absolute Gasteiger partial charge is 0.459 e. The third-order valence-electron chi connectivity index (χ3n) is 4.18. The predicted molar refractivity (Wildman–Crippen MR) is 96.4 cm³/mol. The van der Waals surface area contributed by atoms with Crippen molar-refractivity contribution in [1.29, 1.82) is 0 Å². The number of unbranched alkanes of at least 4 members (excludes halogenated alkanes) is 1. The maximum atomic E-state index is 12.7. The summed E-state index contributed by atoms with van der Waals surface area (Å²) in [5.41, 5.74) is 0. The van der Waals surface area contributed by atoms with Gasteiger partial charge < -0.3 is 13.7 Å². The number of hydrogen-bond acceptors (Lipinski definition) is 8. The molecule has 2 aromatic rings. The number of hydrogen-bond donors (Lipinski definition) is 0. The summed E-state index contributed by atoms with van der Waals surface area (Å²) in [4.78, 5) is 14.4. The van der Waals surface area contributed by atoms with Crippen LogP contribution in [0.25, 0.3) is 11.7 Å². The molecule has 142 valence electrons. The zero-order valence-electron chi connectivity index (χ0n) is 14.5. The van der Waals surface area contributed by atoms with Crippen molar-refractivity contribution in [3.63, 3.8) is 0 Å². The summed E-state index contributed by atoms with van der Waals surface area (Å²) in [6.07, 6.45) is 3.80. The molecular weight excluding hydrogens is 378 g/mol. The number of nitrogens with zero attached hydrogens (tertiary/aromatic N) is 3. The van der Waals surface area contributed by atoms with Crippen molar-refractivity contribution in [2.24, 2.45) is 0 Å². The monoisotopic (exact) mass is 399 g/mol. The van der Waals surface area contributed by atoms with Crippen LogP contribution in [0.15, 0.2) is 32.5 Å². The molecule has 1 fully saturated rings. The van der Waals surface area contributed by atoms with Crippen molar-refractivity contribution < 1.29 is 22.0 Å². The first-order valence-electron chi connectivity index (χ1n) is 8.48. The van der Waals surface area contributed by atoms with E-state index in [0.717, 1.165) is 24.6 Å². The van der Waals surface area contributed by atoms with Crippen molar-refractivity contribution in [2.45, 2.75) is 37.5 Å². The van der Waals surface area contributed by atoms with Gasteiger partial charge in [-0.15, -0.1) is 10.2 Å². The highest BCUT2D eigenvalue weighted by Crippen LogP contribution is 2.25. The molecule has 1 atom stereocenters. The lowest BCUT2D eigenvalue weighted by Crippen LogP contribution is -2.42. The van der Waals surface area contributed by atoms with Gasteiger partial charge in [0.15, 0.2) is 15.6 Å². The van der Waals surface area contributed by atoms with Gasteiger partial charge in [0.1, 0.15) is 0 Å². The minimum Gasteiger partial charge on any atom is -0.459 e. The lowest BCUT2D eigenvalue weighted by atomic mass is 10.2. The zero-order chi connectivity index (χ0) is 18.6. The van der Waals surface area contributed by atoms with Crippen molar-refractivity contribution in [3.05, 3.63) is 18.4 Å². The fraction of sp³-hybridized carbons (Fsp3) is 0.562. The Morgan fingerprint density at radius 3 is 2.92 bits per heavy atom. The van der Waals surface area contributed by atoms with Crippen LogP contribution < -0.4 is 0 Å². The Labute approximate surface area is 156 Å². The fourth-order valence-corrected chi connectivity index (χ4v) is 5.21. The van der Waals surface area contributed by atoms with Gasteiger partial charge in [-0.05, 0) is 25.0 Å². The second-order valence-corrected chi connectivity index (χ2v) is 9.29. The first kappa shape index (κ1) is 19.0. The summed E-state index contributed by atoms with van der Waals surface area (Å²) >= 11 is 1.14. The van der Waals surface area contributed by atoms with Gasteiger partial charge in [0.2, 0.25) is 5.91 Å². The Morgan fingerprint density at radius 1 is 1.42 bits per heavy atom. The van der Waals surface area contributed by atoms with Crippen molar-refractivity contribution >= 4 is 27.5 Å². The SMILES string of the molecule is CCCCN(C(=O)CSc1nnc(-c2ccco2)o1)[C@H]1CCS(=O)(=O)C1. The molecule has 8 nitrogen and oxygen atoms in total. The first-order valence-corrected chi connectivity index (χ1v) is 11.3. The van der Waals surface area contributed by atoms with E-state index in [4.69, 9.17) is 8.83 Å². The van der Waals surface area contributed by atoms with Gasteiger partial charge in [0.05, 0.1) is 23.5 Å². The number of carbonyl (C=O) groups is 1. The zero-order valence-corrected chi connectivity index (χ0v) is 16.1. The van der Waals surface area contributed by atoms with E-state index in [1.165, 1.54) is 6.26 Å². The summed E-state index contributed by atoms with van der Waals surface area (Å²) < 4.78 is 34.2. The average molecular weight is 399 g/mol. The summed E-state index contributed by atoms with van der Waals surface area (Å²) in [5, 5.41) is 8.08. The number of furan rings is 1. The minimum atomic E-state index is -3.04. The molecule has 1 aliphatic heterocycles. The molecule has 10 heteroatoms. The van der Waals surface area contributed by atoms with E-state index < -0.39 is 9.84 Å². The maximum absolute atomic E-state index is 12.7. The number of rotatable bonds is 8. The molecular formula is C16H21N3O5S2. The highest BCUT2D eigenvalue weighted by molar-refractivity contribution is 7.99. The van der Waals surface area contributed by atoms with Crippen LogP contribution in [0.3, 0.4) is 0 Å². The Hall–Kier alpha value is -1.81. The molecule has 0 aromatic carbocycles. The predicted octanol–water partition coefficient (Wildman–Crippen LogP) is 2.24. The van der Waals surface area contributed by atoms with Crippen LogP contribution >= 0.6 is 11.8 Å². The van der Waals surface area contributed by atoms with Gasteiger partial charge in [0.25, 0.3) is 11.1 Å². The third kappa shape index (κ3) is 4.67. The van der Waals surface area contributed by atoms with Crippen molar-refractivity contribution in [2.75, 3.05) is 23.8 Å². The van der Waals surface area contributed by atoms with Gasteiger partial charge in [-0.25, -0.2) is 8.42 Å². The van der Waals surface area contributed by atoms with Crippen LogP contribution in [-0.4, -0.2) is 59.3 Å². The lowest BCUT2D eigenvalue weighted by Gasteiger charge is -2.28. The molecule has 0 N–H and O–H groups in total. The highest BCUT2D eigenvalue weighted by Gasteiger charge is 2.34. The molecule has 0 saturated carbocycles. The van der Waals surface area contributed by atoms with Crippen LogP contribution in [-0.2, 0) is 14.6 Å². The molecule has 3 heterocycles. The van der Waals surface area contributed by atoms with Crippen LogP contribution in [0, 0.1) is 0 Å². The van der Waals surface area contributed by atoms with Gasteiger partial charge in [0, 0.05) is 12.6 Å². The first-order chi connectivity index (χ1) is 12.5. The molecule has 1 aliphatic rings. The highest BCUT2D eigenvalue weighted by atomic mass is 32.2. The summed E-state index contributed by atoms with van der Waals surface area (Å²) in [7, 11) is -3.04. The molecule has 1 amide bonds. The van der Waals surface area contributed by atoms with Crippen LogP contribution in [0.4, 0.5) is 0 Å². The van der Waals surface area contributed by atoms with Crippen LogP contribution in [0.1, 0.15) is 26.2 Å². The van der Waals surface area contributed by atoms with Crippen LogP contribution in [0.2, 0.25) is 0 Å². The molecule has 1 saturated heterocycles. The Bertz CT molecular complexity index is 832. The van der Waals surface area contributed by atoms with E-state index in [1.54, 1.807) is 17.0 Å². The van der Waals surface area contributed by atoms with E-state index in [9.17, 15) is 13.2 Å². The molecule has 0 spiro atoms. The van der Waals surface area contributed by atoms with E-state index >= 15 is 0 Å². The molecule has 26 heavy (non-hydrogen) atoms. The van der Waals surface area contributed by atoms with Crippen molar-refractivity contribution in [1.82, 2.24) is 15.1 Å². The van der Waals surface area contributed by atoms with Gasteiger partial charge in [-0.1, -0.05) is 25.1 Å². The Balaban J connectivity index is 1.60. The van der Waals surface area contributed by atoms with Crippen molar-refractivity contribution in [3.8, 4) is 11.7 Å². The minimum absolute atomic E-state index is 0.0519. The summed E-state index contributed by atoms with van der Waals surface area (Å²) in [6, 6.07) is 3.19. The van der Waals surface area contributed by atoms with E-state index in [-0.39, 0.29) is 40.3 Å². The average Bonchev–Trinajstić information content (AvgIpc) is 3.33. The topological polar surface area (TPSA) is 107 Å². The number of aromatic nitrogens is 2. The number of carbonyl (C=O) groups excluding carboxylic acids is 1. The Morgan fingerprint density at radius 2 is 2.27 bits per heavy atom. The van der Waals surface area contributed by atoms with E-state index in [0.29, 0.717) is 18.7 Å². The second kappa shape index (κ2) is 8.26. The molecule has 0 unspecified atom stereocenters. The van der Waals surface area contributed by atoms with E-state index in [2.05, 4.69) is 10.2 Å². The van der Waals surface area contributed by atoms with Gasteiger partial charge in [-0.2, -0.15) is 0 Å². The molecule has 2 aromatic heterocycles. The molecule has 0 bridgehead atoms. The maximum Gasteiger partial charge on any atom is 0.284 e. The Kier molecular flexibility index (Phi) is 6.02. The third-order valence-corrected chi connectivity index (χ3v) is 6.73. The van der Waals surface area contributed by atoms with Gasteiger partial charge in [-0.3, -0.25) is 4.79 Å². The quantitative estimate of drug-likeness (QED) is 0.622. The van der Waals surface area contributed by atoms with E-state index in [1.807, 2.05) is 6.92 Å². The second-order valence-electron chi connectivity index (χ2n) is 6.14. The molecule has 0 aliphatic carbocycles. The summed E-state index contributed by atoms with van der Waals surface area (Å²) in [6.45, 7) is 2.61. The summed E-state index contributed by atoms with van der Waals surface area (Å²) in [5.74, 6) is 0.946. The lowest BCUT2D eigenvalue weighted by molar-refractivity contribution is -0.130. The molecule has 3 rings (SSSR count). The smallest absolute Gasteiger partial charge is 0.284 e. The normalized spacial score (nSPS) is 18.9. The number of amides is 1. The molecule has 0 radical (unpaired) electrons. The fourth-order valence-electron chi connectivity index (χ4n) is 2.83. The van der Waals surface area contributed by atoms with Crippen LogP contribution in [0.5, 0.6) is 0 Å². The number of thioether (sulfide) groups is 1. The number of sulfone groups is 1. The standard InChI is InChI=1S/C16H21N3O5S2/c1-2-3-7-19(12-6-9-26(21,22)11-12)14(20)10-25-16-18-17-15(24-16)13-5-4-8-23-13/h4-5,8,12H,2-3,6-7,9-11H2,1H3/t12-/m0/s1. The van der Waals surface area contributed by atoms with Gasteiger partial charge >= 0.3 is 0 Å².